The van der Waals surface area contributed by atoms with E-state index in [2.05, 4.69) is 15.6 Å². The highest BCUT2D eigenvalue weighted by atomic mass is 35.5. The molecular weight excluding hydrogens is 172 g/mol. The summed E-state index contributed by atoms with van der Waals surface area (Å²) in [5, 5.41) is 7.79. The van der Waals surface area contributed by atoms with Crippen molar-refractivity contribution in [3.8, 4) is 0 Å². The fourth-order valence-corrected chi connectivity index (χ4v) is 1.33. The molecule has 1 aromatic rings. The van der Waals surface area contributed by atoms with Crippen LogP contribution in [0.4, 0.5) is 5.82 Å². The van der Waals surface area contributed by atoms with Crippen molar-refractivity contribution in [3.05, 3.63) is 5.02 Å². The van der Waals surface area contributed by atoms with Gasteiger partial charge >= 0.3 is 0 Å². The van der Waals surface area contributed by atoms with Crippen molar-refractivity contribution in [3.63, 3.8) is 0 Å². The Morgan fingerprint density at radius 1 is 1.80 bits per heavy atom. The number of anilines is 1. The molecule has 0 aliphatic carbocycles. The number of nitrogens with zero attached hydrogens (tertiary/aromatic N) is 1. The van der Waals surface area contributed by atoms with E-state index in [1.165, 1.54) is 11.8 Å². The van der Waals surface area contributed by atoms with Gasteiger partial charge in [0.2, 0.25) is 0 Å². The average Bonchev–Trinajstić information content (AvgIpc) is 2.30. The second-order valence-corrected chi connectivity index (χ2v) is 2.74. The third-order valence-electron chi connectivity index (χ3n) is 1.01. The zero-order valence-electron chi connectivity index (χ0n) is 5.31. The summed E-state index contributed by atoms with van der Waals surface area (Å²) in [6.07, 6.45) is 1.89. The van der Waals surface area contributed by atoms with Crippen LogP contribution in [0.15, 0.2) is 5.03 Å². The van der Waals surface area contributed by atoms with Gasteiger partial charge in [0.25, 0.3) is 0 Å². The zero-order valence-corrected chi connectivity index (χ0v) is 6.88. The van der Waals surface area contributed by atoms with Crippen LogP contribution in [0.1, 0.15) is 0 Å². The number of hydrazine groups is 1. The molecule has 1 rings (SSSR count). The summed E-state index contributed by atoms with van der Waals surface area (Å²) >= 11 is 7.23. The van der Waals surface area contributed by atoms with Crippen molar-refractivity contribution in [2.24, 2.45) is 5.84 Å². The van der Waals surface area contributed by atoms with Gasteiger partial charge < -0.3 is 5.43 Å². The summed E-state index contributed by atoms with van der Waals surface area (Å²) in [4.78, 5) is 0. The Labute approximate surface area is 67.5 Å². The summed E-state index contributed by atoms with van der Waals surface area (Å²) in [5.74, 6) is 5.65. The number of thioether (sulfide) groups is 1. The molecule has 0 saturated heterocycles. The van der Waals surface area contributed by atoms with Gasteiger partial charge in [0.15, 0.2) is 5.82 Å². The monoisotopic (exact) mass is 178 g/mol. The van der Waals surface area contributed by atoms with E-state index in [-0.39, 0.29) is 0 Å². The van der Waals surface area contributed by atoms with Crippen molar-refractivity contribution in [2.45, 2.75) is 5.03 Å². The molecule has 0 aliphatic heterocycles. The van der Waals surface area contributed by atoms with E-state index >= 15 is 0 Å². The molecule has 0 bridgehead atoms. The number of aromatic nitrogens is 2. The number of hydrogen-bond acceptors (Lipinski definition) is 4. The molecule has 1 aromatic heterocycles. The van der Waals surface area contributed by atoms with Crippen LogP contribution in [0.2, 0.25) is 5.02 Å². The van der Waals surface area contributed by atoms with Crippen molar-refractivity contribution in [2.75, 3.05) is 11.7 Å². The molecule has 0 fully saturated rings. The van der Waals surface area contributed by atoms with Gasteiger partial charge in [-0.15, -0.1) is 11.8 Å². The Hall–Kier alpha value is -0.390. The average molecular weight is 179 g/mol. The van der Waals surface area contributed by atoms with Crippen LogP contribution >= 0.6 is 23.4 Å². The maximum Gasteiger partial charge on any atom is 0.156 e. The Bertz CT molecular complexity index is 202. The molecule has 1 heterocycles. The van der Waals surface area contributed by atoms with Crippen LogP contribution in [-0.2, 0) is 0 Å². The van der Waals surface area contributed by atoms with Gasteiger partial charge in [-0.1, -0.05) is 11.6 Å². The van der Waals surface area contributed by atoms with Crippen molar-refractivity contribution in [1.82, 2.24) is 10.2 Å². The SMILES string of the molecule is CSc1n[nH]c(NN)c1Cl. The summed E-state index contributed by atoms with van der Waals surface area (Å²) in [6.45, 7) is 0. The number of H-pyrrole nitrogens is 1. The first-order valence-electron chi connectivity index (χ1n) is 2.54. The van der Waals surface area contributed by atoms with Crippen molar-refractivity contribution >= 4 is 29.2 Å². The summed E-state index contributed by atoms with van der Waals surface area (Å²) in [5.41, 5.74) is 2.39. The number of nitrogens with one attached hydrogen (secondary N) is 2. The predicted octanol–water partition coefficient (Wildman–Crippen LogP) is 1.07. The molecular formula is C4H7ClN4S. The Balaban J connectivity index is 2.97. The minimum absolute atomic E-state index is 0.537. The number of halogens is 1. The molecule has 0 aliphatic rings. The van der Waals surface area contributed by atoms with Crippen LogP contribution in [0.5, 0.6) is 0 Å². The normalized spacial score (nSPS) is 9.90. The van der Waals surface area contributed by atoms with Crippen LogP contribution in [0, 0.1) is 0 Å². The number of nitrogen functional groups attached to an aromatic ring is 1. The highest BCUT2D eigenvalue weighted by Gasteiger charge is 2.07. The van der Waals surface area contributed by atoms with Gasteiger partial charge in [0.05, 0.1) is 0 Å². The van der Waals surface area contributed by atoms with E-state index in [9.17, 15) is 0 Å². The lowest BCUT2D eigenvalue weighted by atomic mass is 10.6. The van der Waals surface area contributed by atoms with Gasteiger partial charge in [0.1, 0.15) is 10.0 Å². The Morgan fingerprint density at radius 2 is 2.50 bits per heavy atom. The molecule has 6 heteroatoms. The van der Waals surface area contributed by atoms with Crippen LogP contribution in [-0.4, -0.2) is 16.5 Å². The molecule has 0 atom stereocenters. The van der Waals surface area contributed by atoms with E-state index in [1.807, 2.05) is 6.26 Å². The highest BCUT2D eigenvalue weighted by Crippen LogP contribution is 2.28. The number of hydrogen-bond donors (Lipinski definition) is 3. The maximum atomic E-state index is 5.77. The first-order chi connectivity index (χ1) is 4.79. The minimum Gasteiger partial charge on any atom is -0.308 e. The first kappa shape index (κ1) is 7.71. The van der Waals surface area contributed by atoms with E-state index < -0.39 is 0 Å². The van der Waals surface area contributed by atoms with Crippen molar-refractivity contribution in [1.29, 1.82) is 0 Å². The summed E-state index contributed by atoms with van der Waals surface area (Å²) in [7, 11) is 0. The third-order valence-corrected chi connectivity index (χ3v) is 2.18. The van der Waals surface area contributed by atoms with Crippen LogP contribution in [0.25, 0.3) is 0 Å². The maximum absolute atomic E-state index is 5.77. The van der Waals surface area contributed by atoms with E-state index in [4.69, 9.17) is 17.4 Å². The van der Waals surface area contributed by atoms with Gasteiger partial charge in [-0.25, -0.2) is 5.84 Å². The number of nitrogens with two attached hydrogens (primary N) is 1. The number of rotatable bonds is 2. The summed E-state index contributed by atoms with van der Waals surface area (Å²) < 4.78 is 0. The lowest BCUT2D eigenvalue weighted by Gasteiger charge is -1.92. The second kappa shape index (κ2) is 3.14. The van der Waals surface area contributed by atoms with E-state index in [0.29, 0.717) is 10.8 Å². The fourth-order valence-electron chi connectivity index (χ4n) is 0.543. The topological polar surface area (TPSA) is 66.7 Å². The molecule has 0 aromatic carbocycles. The first-order valence-corrected chi connectivity index (χ1v) is 4.14. The fraction of sp³-hybridized carbons (Fsp3) is 0.250. The zero-order chi connectivity index (χ0) is 7.56. The van der Waals surface area contributed by atoms with Gasteiger partial charge in [-0.05, 0) is 6.26 Å². The molecule has 10 heavy (non-hydrogen) atoms. The smallest absolute Gasteiger partial charge is 0.156 e. The summed E-state index contributed by atoms with van der Waals surface area (Å²) in [6, 6.07) is 0. The van der Waals surface area contributed by atoms with Gasteiger partial charge in [-0.2, -0.15) is 5.10 Å². The molecule has 4 nitrogen and oxygen atoms in total. The highest BCUT2D eigenvalue weighted by molar-refractivity contribution is 7.98. The van der Waals surface area contributed by atoms with Gasteiger partial charge in [-0.3, -0.25) is 5.10 Å². The van der Waals surface area contributed by atoms with E-state index in [1.54, 1.807) is 0 Å². The quantitative estimate of drug-likeness (QED) is 0.360. The third kappa shape index (κ3) is 1.21. The predicted molar refractivity (Wildman–Crippen MR) is 43.2 cm³/mol. The lowest BCUT2D eigenvalue weighted by molar-refractivity contribution is 1.00. The van der Waals surface area contributed by atoms with Crippen LogP contribution in [0.3, 0.4) is 0 Å². The standard InChI is InChI=1S/C4H7ClN4S/c1-10-4-2(5)3(7-6)8-9-4/h6H2,1H3,(H2,7,8,9). The molecule has 0 amide bonds. The van der Waals surface area contributed by atoms with Crippen molar-refractivity contribution < 1.29 is 0 Å². The minimum atomic E-state index is 0.537. The molecule has 0 spiro atoms. The lowest BCUT2D eigenvalue weighted by Crippen LogP contribution is -2.07. The second-order valence-electron chi connectivity index (χ2n) is 1.57. The molecule has 0 unspecified atom stereocenters. The van der Waals surface area contributed by atoms with Crippen LogP contribution < -0.4 is 11.3 Å². The Kier molecular flexibility index (Phi) is 2.42. The number of aromatic amines is 1. The molecule has 0 saturated carbocycles. The molecule has 4 N–H and O–H groups in total. The Morgan fingerprint density at radius 3 is 2.80 bits per heavy atom. The van der Waals surface area contributed by atoms with Gasteiger partial charge in [0, 0.05) is 0 Å². The van der Waals surface area contributed by atoms with E-state index in [0.717, 1.165) is 5.03 Å². The molecule has 56 valence electrons. The largest absolute Gasteiger partial charge is 0.308 e. The molecule has 0 radical (unpaired) electrons.